The fourth-order valence-electron chi connectivity index (χ4n) is 1.71. The van der Waals surface area contributed by atoms with Crippen molar-refractivity contribution in [2.24, 2.45) is 11.7 Å². The van der Waals surface area contributed by atoms with E-state index < -0.39 is 12.6 Å². The van der Waals surface area contributed by atoms with Gasteiger partial charge < -0.3 is 10.5 Å². The minimum Gasteiger partial charge on any atom is -0.378 e. The lowest BCUT2D eigenvalue weighted by Crippen LogP contribution is -2.32. The van der Waals surface area contributed by atoms with Gasteiger partial charge in [0, 0.05) is 12.5 Å². The molecule has 14 heavy (non-hydrogen) atoms. The summed E-state index contributed by atoms with van der Waals surface area (Å²) in [5.74, 6) is 0.0901. The molecule has 1 fully saturated rings. The van der Waals surface area contributed by atoms with Gasteiger partial charge in [-0.25, -0.2) is 0 Å². The highest BCUT2D eigenvalue weighted by atomic mass is 19.4. The van der Waals surface area contributed by atoms with E-state index >= 15 is 0 Å². The Morgan fingerprint density at radius 3 is 2.57 bits per heavy atom. The van der Waals surface area contributed by atoms with E-state index in [0.717, 1.165) is 6.42 Å². The highest BCUT2D eigenvalue weighted by Crippen LogP contribution is 2.27. The van der Waals surface area contributed by atoms with Gasteiger partial charge in [0.2, 0.25) is 0 Å². The summed E-state index contributed by atoms with van der Waals surface area (Å²) in [6, 6.07) is -0.387. The second-order valence-corrected chi connectivity index (χ2v) is 3.96. The van der Waals surface area contributed by atoms with Crippen LogP contribution in [0.2, 0.25) is 0 Å². The molecule has 0 aliphatic carbocycles. The van der Waals surface area contributed by atoms with E-state index in [1.54, 1.807) is 0 Å². The molecule has 0 amide bonds. The summed E-state index contributed by atoms with van der Waals surface area (Å²) in [7, 11) is 0. The minimum absolute atomic E-state index is 0.00421. The summed E-state index contributed by atoms with van der Waals surface area (Å²) in [5, 5.41) is 0. The Hall–Kier alpha value is -0.290. The van der Waals surface area contributed by atoms with Crippen molar-refractivity contribution in [1.82, 2.24) is 0 Å². The molecule has 2 N–H and O–H groups in total. The van der Waals surface area contributed by atoms with Crippen molar-refractivity contribution in [3.63, 3.8) is 0 Å². The normalized spacial score (nSPS) is 30.6. The first-order chi connectivity index (χ1) is 6.38. The summed E-state index contributed by atoms with van der Waals surface area (Å²) in [6.07, 6.45) is -3.97. The van der Waals surface area contributed by atoms with Gasteiger partial charge in [-0.1, -0.05) is 0 Å². The number of rotatable bonds is 3. The largest absolute Gasteiger partial charge is 0.389 e. The topological polar surface area (TPSA) is 35.2 Å². The van der Waals surface area contributed by atoms with Crippen LogP contribution in [0.4, 0.5) is 13.2 Å². The van der Waals surface area contributed by atoms with Crippen molar-refractivity contribution < 1.29 is 17.9 Å². The molecule has 3 unspecified atom stereocenters. The van der Waals surface area contributed by atoms with Gasteiger partial charge >= 0.3 is 6.18 Å². The third kappa shape index (κ3) is 3.84. The van der Waals surface area contributed by atoms with E-state index in [-0.39, 0.29) is 24.5 Å². The fourth-order valence-corrected chi connectivity index (χ4v) is 1.71. The van der Waals surface area contributed by atoms with Gasteiger partial charge in [0.05, 0.1) is 12.7 Å². The van der Waals surface area contributed by atoms with Crippen LogP contribution in [-0.2, 0) is 4.74 Å². The quantitative estimate of drug-likeness (QED) is 0.775. The fraction of sp³-hybridized carbons (Fsp3) is 1.00. The molecule has 0 aromatic heterocycles. The molecule has 1 saturated heterocycles. The van der Waals surface area contributed by atoms with Crippen LogP contribution in [0, 0.1) is 5.92 Å². The van der Waals surface area contributed by atoms with Crippen LogP contribution in [0.3, 0.4) is 0 Å². The zero-order valence-corrected chi connectivity index (χ0v) is 8.18. The van der Waals surface area contributed by atoms with Crippen LogP contribution in [0.25, 0.3) is 0 Å². The minimum atomic E-state index is -4.09. The predicted octanol–water partition coefficient (Wildman–Crippen LogP) is 2.08. The molecule has 0 radical (unpaired) electrons. The van der Waals surface area contributed by atoms with Crippen LogP contribution >= 0.6 is 0 Å². The molecule has 84 valence electrons. The molecule has 0 aromatic rings. The maximum atomic E-state index is 11.9. The van der Waals surface area contributed by atoms with Crippen molar-refractivity contribution >= 4 is 0 Å². The first kappa shape index (κ1) is 11.8. The summed E-state index contributed by atoms with van der Waals surface area (Å²) >= 11 is 0. The number of hydrogen-bond acceptors (Lipinski definition) is 2. The van der Waals surface area contributed by atoms with Gasteiger partial charge in [-0.2, -0.15) is 13.2 Å². The van der Waals surface area contributed by atoms with Crippen LogP contribution in [0.5, 0.6) is 0 Å². The zero-order chi connectivity index (χ0) is 10.8. The Morgan fingerprint density at radius 2 is 2.14 bits per heavy atom. The van der Waals surface area contributed by atoms with Crippen LogP contribution in [0.15, 0.2) is 0 Å². The molecular weight excluding hydrogens is 195 g/mol. The van der Waals surface area contributed by atoms with Gasteiger partial charge in [-0.05, 0) is 25.7 Å². The first-order valence-corrected chi connectivity index (χ1v) is 4.82. The smallest absolute Gasteiger partial charge is 0.378 e. The van der Waals surface area contributed by atoms with E-state index in [1.165, 1.54) is 0 Å². The molecule has 0 spiro atoms. The average Bonchev–Trinajstić information content (AvgIpc) is 2.46. The summed E-state index contributed by atoms with van der Waals surface area (Å²) < 4.78 is 40.9. The van der Waals surface area contributed by atoms with Crippen LogP contribution in [0.1, 0.15) is 26.2 Å². The number of nitrogens with two attached hydrogens (primary N) is 1. The molecule has 5 heteroatoms. The van der Waals surface area contributed by atoms with E-state index in [4.69, 9.17) is 10.5 Å². The lowest BCUT2D eigenvalue weighted by atomic mass is 9.94. The summed E-state index contributed by atoms with van der Waals surface area (Å²) in [4.78, 5) is 0. The lowest BCUT2D eigenvalue weighted by Gasteiger charge is -2.18. The molecule has 1 heterocycles. The van der Waals surface area contributed by atoms with E-state index in [2.05, 4.69) is 0 Å². The van der Waals surface area contributed by atoms with Crippen molar-refractivity contribution in [2.45, 2.75) is 44.5 Å². The lowest BCUT2D eigenvalue weighted by molar-refractivity contribution is -0.136. The van der Waals surface area contributed by atoms with E-state index in [9.17, 15) is 13.2 Å². The Balaban J connectivity index is 2.25. The monoisotopic (exact) mass is 211 g/mol. The van der Waals surface area contributed by atoms with Gasteiger partial charge in [0.15, 0.2) is 0 Å². The van der Waals surface area contributed by atoms with Gasteiger partial charge in [-0.3, -0.25) is 0 Å². The van der Waals surface area contributed by atoms with Gasteiger partial charge in [-0.15, -0.1) is 0 Å². The Morgan fingerprint density at radius 1 is 1.50 bits per heavy atom. The van der Waals surface area contributed by atoms with Crippen molar-refractivity contribution in [2.75, 3.05) is 6.61 Å². The summed E-state index contributed by atoms with van der Waals surface area (Å²) in [6.45, 7) is 2.41. The third-order valence-electron chi connectivity index (χ3n) is 2.60. The molecular formula is C9H16F3NO. The molecule has 0 aromatic carbocycles. The number of ether oxygens (including phenoxy) is 1. The predicted molar refractivity (Wildman–Crippen MR) is 46.8 cm³/mol. The highest BCUT2D eigenvalue weighted by molar-refractivity contribution is 4.80. The van der Waals surface area contributed by atoms with Gasteiger partial charge in [0.1, 0.15) is 0 Å². The Bertz CT molecular complexity index is 183. The van der Waals surface area contributed by atoms with E-state index in [0.29, 0.717) is 6.61 Å². The summed E-state index contributed by atoms with van der Waals surface area (Å²) in [5.41, 5.74) is 5.67. The number of halogens is 3. The maximum Gasteiger partial charge on any atom is 0.389 e. The molecule has 2 nitrogen and oxygen atoms in total. The van der Waals surface area contributed by atoms with Crippen molar-refractivity contribution in [3.8, 4) is 0 Å². The molecule has 0 bridgehead atoms. The van der Waals surface area contributed by atoms with Gasteiger partial charge in [0.25, 0.3) is 0 Å². The van der Waals surface area contributed by atoms with Crippen molar-refractivity contribution in [3.05, 3.63) is 0 Å². The Kier molecular flexibility index (Phi) is 3.78. The first-order valence-electron chi connectivity index (χ1n) is 4.82. The number of hydrogen-bond donors (Lipinski definition) is 1. The third-order valence-corrected chi connectivity index (χ3v) is 2.60. The Labute approximate surface area is 81.6 Å². The van der Waals surface area contributed by atoms with Crippen LogP contribution in [-0.4, -0.2) is 24.9 Å². The number of alkyl halides is 3. The highest BCUT2D eigenvalue weighted by Gasteiger charge is 2.32. The zero-order valence-electron chi connectivity index (χ0n) is 8.18. The molecule has 1 aliphatic heterocycles. The van der Waals surface area contributed by atoms with Crippen molar-refractivity contribution in [1.29, 1.82) is 0 Å². The molecule has 1 aliphatic rings. The SMILES string of the molecule is CC1CC(C(N)CCC(F)(F)F)CO1. The molecule has 3 atom stereocenters. The van der Waals surface area contributed by atoms with E-state index in [1.807, 2.05) is 6.92 Å². The molecule has 0 saturated carbocycles. The average molecular weight is 211 g/mol. The second kappa shape index (κ2) is 4.49. The maximum absolute atomic E-state index is 11.9. The van der Waals surface area contributed by atoms with Crippen LogP contribution < -0.4 is 5.73 Å². The molecule has 1 rings (SSSR count). The standard InChI is InChI=1S/C9H16F3NO/c1-6-4-7(5-14-6)8(13)2-3-9(10,11)12/h6-8H,2-5,13H2,1H3. The second-order valence-electron chi connectivity index (χ2n) is 3.96.